The van der Waals surface area contributed by atoms with Crippen LogP contribution in [0.15, 0.2) is 42.6 Å². The van der Waals surface area contributed by atoms with Crippen molar-refractivity contribution in [3.8, 4) is 0 Å². The van der Waals surface area contributed by atoms with Gasteiger partial charge in [-0.05, 0) is 49.2 Å². The summed E-state index contributed by atoms with van der Waals surface area (Å²) in [6, 6.07) is 12.6. The van der Waals surface area contributed by atoms with E-state index in [1.807, 2.05) is 31.3 Å². The molecule has 0 saturated carbocycles. The maximum Gasteiger partial charge on any atom is 0.0435 e. The number of aromatic nitrogens is 1. The van der Waals surface area contributed by atoms with Gasteiger partial charge in [0.25, 0.3) is 0 Å². The van der Waals surface area contributed by atoms with Gasteiger partial charge in [-0.2, -0.15) is 0 Å². The monoisotopic (exact) mass is 288 g/mol. The number of aryl methyl sites for hydroxylation is 1. The Balaban J connectivity index is 2.20. The number of nitrogens with zero attached hydrogens (tertiary/aromatic N) is 1. The fourth-order valence-corrected chi connectivity index (χ4v) is 2.36. The van der Waals surface area contributed by atoms with Crippen molar-refractivity contribution in [2.45, 2.75) is 32.7 Å². The smallest absolute Gasteiger partial charge is 0.0435 e. The Bertz CT molecular complexity index is 540. The lowest BCUT2D eigenvalue weighted by atomic mass is 9.99. The van der Waals surface area contributed by atoms with Crippen molar-refractivity contribution >= 4 is 11.6 Å². The molecule has 1 atom stereocenters. The molecule has 1 aromatic carbocycles. The Kier molecular flexibility index (Phi) is 5.57. The van der Waals surface area contributed by atoms with Gasteiger partial charge in [0.2, 0.25) is 0 Å². The summed E-state index contributed by atoms with van der Waals surface area (Å²) >= 11 is 6.12. The molecule has 0 radical (unpaired) electrons. The lowest BCUT2D eigenvalue weighted by Crippen LogP contribution is -2.24. The summed E-state index contributed by atoms with van der Waals surface area (Å²) in [7, 11) is 0. The van der Waals surface area contributed by atoms with Crippen LogP contribution < -0.4 is 5.32 Å². The molecular weight excluding hydrogens is 268 g/mol. The van der Waals surface area contributed by atoms with E-state index in [9.17, 15) is 0 Å². The van der Waals surface area contributed by atoms with Crippen LogP contribution in [0.25, 0.3) is 0 Å². The first kappa shape index (κ1) is 15.0. The summed E-state index contributed by atoms with van der Waals surface area (Å²) in [5.41, 5.74) is 3.49. The Morgan fingerprint density at radius 3 is 2.75 bits per heavy atom. The van der Waals surface area contributed by atoms with E-state index in [-0.39, 0.29) is 6.04 Å². The van der Waals surface area contributed by atoms with Gasteiger partial charge in [-0.15, -0.1) is 0 Å². The van der Waals surface area contributed by atoms with Crippen LogP contribution in [0.5, 0.6) is 0 Å². The van der Waals surface area contributed by atoms with E-state index in [4.69, 9.17) is 11.6 Å². The van der Waals surface area contributed by atoms with Crippen molar-refractivity contribution in [3.63, 3.8) is 0 Å². The molecule has 0 amide bonds. The SMILES string of the molecule is CCCNC(Cc1ccccn1)c1ccc(Cl)c(C)c1. The minimum Gasteiger partial charge on any atom is -0.310 e. The average Bonchev–Trinajstić information content (AvgIpc) is 2.47. The minimum atomic E-state index is 0.279. The van der Waals surface area contributed by atoms with Gasteiger partial charge in [0.05, 0.1) is 0 Å². The highest BCUT2D eigenvalue weighted by atomic mass is 35.5. The summed E-state index contributed by atoms with van der Waals surface area (Å²) in [6.07, 6.45) is 3.85. The molecule has 1 aromatic heterocycles. The van der Waals surface area contributed by atoms with Gasteiger partial charge in [-0.25, -0.2) is 0 Å². The van der Waals surface area contributed by atoms with Crippen molar-refractivity contribution in [2.24, 2.45) is 0 Å². The molecular formula is C17H21ClN2. The molecule has 2 aromatic rings. The third-order valence-electron chi connectivity index (χ3n) is 3.36. The van der Waals surface area contributed by atoms with Crippen LogP contribution in [0.2, 0.25) is 5.02 Å². The molecule has 106 valence electrons. The first-order chi connectivity index (χ1) is 9.70. The molecule has 20 heavy (non-hydrogen) atoms. The Morgan fingerprint density at radius 2 is 2.10 bits per heavy atom. The molecule has 2 rings (SSSR count). The first-order valence-electron chi connectivity index (χ1n) is 7.10. The molecule has 0 saturated heterocycles. The quantitative estimate of drug-likeness (QED) is 0.856. The average molecular weight is 289 g/mol. The van der Waals surface area contributed by atoms with Crippen LogP contribution in [0.4, 0.5) is 0 Å². The van der Waals surface area contributed by atoms with Crippen molar-refractivity contribution < 1.29 is 0 Å². The number of benzene rings is 1. The van der Waals surface area contributed by atoms with E-state index >= 15 is 0 Å². The van der Waals surface area contributed by atoms with E-state index < -0.39 is 0 Å². The first-order valence-corrected chi connectivity index (χ1v) is 7.48. The molecule has 1 unspecified atom stereocenters. The van der Waals surface area contributed by atoms with Crippen molar-refractivity contribution in [1.29, 1.82) is 0 Å². The Hall–Kier alpha value is -1.38. The predicted molar refractivity (Wildman–Crippen MR) is 85.2 cm³/mol. The van der Waals surface area contributed by atoms with E-state index in [2.05, 4.69) is 35.4 Å². The van der Waals surface area contributed by atoms with E-state index in [0.29, 0.717) is 0 Å². The highest BCUT2D eigenvalue weighted by Crippen LogP contribution is 2.23. The maximum absolute atomic E-state index is 6.12. The zero-order valence-corrected chi connectivity index (χ0v) is 12.8. The second kappa shape index (κ2) is 7.41. The lowest BCUT2D eigenvalue weighted by Gasteiger charge is -2.19. The summed E-state index contributed by atoms with van der Waals surface area (Å²) in [6.45, 7) is 5.22. The number of rotatable bonds is 6. The molecule has 2 nitrogen and oxygen atoms in total. The van der Waals surface area contributed by atoms with Crippen molar-refractivity contribution in [1.82, 2.24) is 10.3 Å². The van der Waals surface area contributed by atoms with Crippen LogP contribution in [-0.2, 0) is 6.42 Å². The molecule has 0 fully saturated rings. The molecule has 1 heterocycles. The fourth-order valence-electron chi connectivity index (χ4n) is 2.24. The van der Waals surface area contributed by atoms with E-state index in [0.717, 1.165) is 35.7 Å². The van der Waals surface area contributed by atoms with Crippen LogP contribution in [0.1, 0.15) is 36.2 Å². The van der Waals surface area contributed by atoms with Crippen LogP contribution in [-0.4, -0.2) is 11.5 Å². The summed E-state index contributed by atoms with van der Waals surface area (Å²) < 4.78 is 0. The van der Waals surface area contributed by atoms with E-state index in [1.54, 1.807) is 0 Å². The largest absolute Gasteiger partial charge is 0.310 e. The van der Waals surface area contributed by atoms with Gasteiger partial charge >= 0.3 is 0 Å². The second-order valence-electron chi connectivity index (χ2n) is 5.04. The van der Waals surface area contributed by atoms with Crippen LogP contribution in [0.3, 0.4) is 0 Å². The number of hydrogen-bond donors (Lipinski definition) is 1. The Labute approximate surface area is 126 Å². The van der Waals surface area contributed by atoms with Gasteiger partial charge < -0.3 is 5.32 Å². The van der Waals surface area contributed by atoms with Crippen molar-refractivity contribution in [3.05, 3.63) is 64.4 Å². The molecule has 3 heteroatoms. The highest BCUT2D eigenvalue weighted by Gasteiger charge is 2.13. The van der Waals surface area contributed by atoms with Gasteiger partial charge in [0.1, 0.15) is 0 Å². The lowest BCUT2D eigenvalue weighted by molar-refractivity contribution is 0.524. The van der Waals surface area contributed by atoms with Crippen LogP contribution in [0, 0.1) is 6.92 Å². The highest BCUT2D eigenvalue weighted by molar-refractivity contribution is 6.31. The van der Waals surface area contributed by atoms with Crippen molar-refractivity contribution in [2.75, 3.05) is 6.54 Å². The van der Waals surface area contributed by atoms with Gasteiger partial charge in [-0.1, -0.05) is 36.7 Å². The third kappa shape index (κ3) is 4.06. The zero-order valence-electron chi connectivity index (χ0n) is 12.1. The summed E-state index contributed by atoms with van der Waals surface area (Å²) in [5.74, 6) is 0. The number of nitrogens with one attached hydrogen (secondary N) is 1. The van der Waals surface area contributed by atoms with E-state index in [1.165, 1.54) is 5.56 Å². The summed E-state index contributed by atoms with van der Waals surface area (Å²) in [4.78, 5) is 4.43. The van der Waals surface area contributed by atoms with Gasteiger partial charge in [0, 0.05) is 29.4 Å². The molecule has 0 bridgehead atoms. The Morgan fingerprint density at radius 1 is 1.25 bits per heavy atom. The molecule has 0 aliphatic carbocycles. The topological polar surface area (TPSA) is 24.9 Å². The fraction of sp³-hybridized carbons (Fsp3) is 0.353. The summed E-state index contributed by atoms with van der Waals surface area (Å²) in [5, 5.41) is 4.42. The normalized spacial score (nSPS) is 12.3. The second-order valence-corrected chi connectivity index (χ2v) is 5.45. The number of pyridine rings is 1. The maximum atomic E-state index is 6.12. The van der Waals surface area contributed by atoms with Crippen LogP contribution >= 0.6 is 11.6 Å². The molecule has 1 N–H and O–H groups in total. The van der Waals surface area contributed by atoms with Gasteiger partial charge in [0.15, 0.2) is 0 Å². The predicted octanol–water partition coefficient (Wildman–Crippen LogP) is 4.33. The van der Waals surface area contributed by atoms with Gasteiger partial charge in [-0.3, -0.25) is 4.98 Å². The molecule has 0 spiro atoms. The number of hydrogen-bond acceptors (Lipinski definition) is 2. The number of halogens is 1. The minimum absolute atomic E-state index is 0.279. The molecule has 0 aliphatic heterocycles. The molecule has 0 aliphatic rings. The standard InChI is InChI=1S/C17H21ClN2/c1-3-9-20-17(12-15-6-4-5-10-19-15)14-7-8-16(18)13(2)11-14/h4-8,10-11,17,20H,3,9,12H2,1-2H3. The third-order valence-corrected chi connectivity index (χ3v) is 3.79. The zero-order chi connectivity index (χ0) is 14.4.